The smallest absolute Gasteiger partial charge is 0.257 e. The molecule has 98 valence electrons. The summed E-state index contributed by atoms with van der Waals surface area (Å²) in [6.07, 6.45) is 1.59. The van der Waals surface area contributed by atoms with Gasteiger partial charge in [-0.2, -0.15) is 0 Å². The molecule has 0 bridgehead atoms. The Morgan fingerprint density at radius 3 is 2.72 bits per heavy atom. The number of carbonyl (C=O) groups is 1. The molecule has 0 aliphatic carbocycles. The minimum absolute atomic E-state index is 0.0375. The molecule has 0 unspecified atom stereocenters. The maximum Gasteiger partial charge on any atom is 0.257 e. The number of rotatable bonds is 2. The van der Waals surface area contributed by atoms with Crippen LogP contribution in [0.2, 0.25) is 5.15 Å². The number of piperazine rings is 1. The van der Waals surface area contributed by atoms with Crippen LogP contribution in [0.25, 0.3) is 0 Å². The monoisotopic (exact) mass is 331 g/mol. The van der Waals surface area contributed by atoms with Gasteiger partial charge in [0.2, 0.25) is 0 Å². The van der Waals surface area contributed by atoms with Gasteiger partial charge < -0.3 is 9.80 Å². The Morgan fingerprint density at radius 2 is 2.11 bits per heavy atom. The minimum atomic E-state index is -0.0375. The molecule has 1 aliphatic heterocycles. The van der Waals surface area contributed by atoms with Gasteiger partial charge in [0.1, 0.15) is 5.15 Å². The van der Waals surface area contributed by atoms with E-state index in [0.717, 1.165) is 37.2 Å². The third-order valence-electron chi connectivity index (χ3n) is 3.14. The van der Waals surface area contributed by atoms with E-state index in [4.69, 9.17) is 11.6 Å². The molecule has 0 atom stereocenters. The first-order valence-corrected chi connectivity index (χ1v) is 7.11. The largest absolute Gasteiger partial charge is 0.336 e. The molecule has 0 saturated carbocycles. The number of hydrogen-bond donors (Lipinski definition) is 0. The van der Waals surface area contributed by atoms with E-state index in [1.54, 1.807) is 12.3 Å². The summed E-state index contributed by atoms with van der Waals surface area (Å²) in [4.78, 5) is 20.5. The molecule has 18 heavy (non-hydrogen) atoms. The first kappa shape index (κ1) is 13.8. The SMILES string of the molecule is CCN1CCN(C(=O)c2cc(Br)cnc2Cl)CC1. The summed E-state index contributed by atoms with van der Waals surface area (Å²) in [7, 11) is 0. The van der Waals surface area contributed by atoms with Crippen molar-refractivity contribution in [2.45, 2.75) is 6.92 Å². The highest BCUT2D eigenvalue weighted by atomic mass is 79.9. The number of likely N-dealkylation sites (N-methyl/N-ethyl adjacent to an activating group) is 1. The topological polar surface area (TPSA) is 36.4 Å². The van der Waals surface area contributed by atoms with Gasteiger partial charge in [0, 0.05) is 36.8 Å². The molecular formula is C12H15BrClN3O. The van der Waals surface area contributed by atoms with Gasteiger partial charge in [-0.25, -0.2) is 4.98 Å². The quantitative estimate of drug-likeness (QED) is 0.780. The second kappa shape index (κ2) is 5.99. The van der Waals surface area contributed by atoms with E-state index in [1.165, 1.54) is 0 Å². The van der Waals surface area contributed by atoms with E-state index in [0.29, 0.717) is 5.56 Å². The zero-order valence-electron chi connectivity index (χ0n) is 10.2. The maximum atomic E-state index is 12.3. The Hall–Kier alpha value is -0.650. The average molecular weight is 333 g/mol. The van der Waals surface area contributed by atoms with E-state index >= 15 is 0 Å². The Morgan fingerprint density at radius 1 is 1.44 bits per heavy atom. The highest BCUT2D eigenvalue weighted by Gasteiger charge is 2.23. The van der Waals surface area contributed by atoms with Gasteiger partial charge in [0.25, 0.3) is 5.91 Å². The molecule has 4 nitrogen and oxygen atoms in total. The summed E-state index contributed by atoms with van der Waals surface area (Å²) in [5.74, 6) is -0.0375. The Balaban J connectivity index is 2.10. The molecule has 0 spiro atoms. The van der Waals surface area contributed by atoms with Crippen molar-refractivity contribution >= 4 is 33.4 Å². The number of halogens is 2. The van der Waals surface area contributed by atoms with Crippen molar-refractivity contribution < 1.29 is 4.79 Å². The van der Waals surface area contributed by atoms with Crippen molar-refractivity contribution in [2.75, 3.05) is 32.7 Å². The van der Waals surface area contributed by atoms with Crippen LogP contribution in [-0.4, -0.2) is 53.4 Å². The van der Waals surface area contributed by atoms with Gasteiger partial charge in [0.05, 0.1) is 5.56 Å². The third kappa shape index (κ3) is 3.02. The van der Waals surface area contributed by atoms with Crippen molar-refractivity contribution in [3.8, 4) is 0 Å². The lowest BCUT2D eigenvalue weighted by molar-refractivity contribution is 0.0643. The molecule has 0 radical (unpaired) electrons. The van der Waals surface area contributed by atoms with Crippen LogP contribution in [0.1, 0.15) is 17.3 Å². The summed E-state index contributed by atoms with van der Waals surface area (Å²) in [6.45, 7) is 6.49. The summed E-state index contributed by atoms with van der Waals surface area (Å²) in [5.41, 5.74) is 0.469. The number of amides is 1. The standard InChI is InChI=1S/C12H15BrClN3O/c1-2-16-3-5-17(6-4-16)12(18)10-7-9(13)8-15-11(10)14/h7-8H,2-6H2,1H3. The lowest BCUT2D eigenvalue weighted by atomic mass is 10.2. The van der Waals surface area contributed by atoms with Crippen LogP contribution in [0.5, 0.6) is 0 Å². The molecule has 6 heteroatoms. The summed E-state index contributed by atoms with van der Waals surface area (Å²) in [5, 5.41) is 0.265. The zero-order valence-corrected chi connectivity index (χ0v) is 12.5. The van der Waals surface area contributed by atoms with Crippen LogP contribution in [0.3, 0.4) is 0 Å². The van der Waals surface area contributed by atoms with Gasteiger partial charge in [-0.3, -0.25) is 4.79 Å². The molecule has 0 N–H and O–H groups in total. The van der Waals surface area contributed by atoms with Crippen molar-refractivity contribution in [1.82, 2.24) is 14.8 Å². The van der Waals surface area contributed by atoms with E-state index < -0.39 is 0 Å². The van der Waals surface area contributed by atoms with E-state index in [1.807, 2.05) is 4.90 Å². The fourth-order valence-electron chi connectivity index (χ4n) is 2.01. The number of pyridine rings is 1. The van der Waals surface area contributed by atoms with Gasteiger partial charge in [-0.15, -0.1) is 0 Å². The Bertz CT molecular complexity index is 447. The third-order valence-corrected chi connectivity index (χ3v) is 3.88. The second-order valence-electron chi connectivity index (χ2n) is 4.22. The lowest BCUT2D eigenvalue weighted by Crippen LogP contribution is -2.48. The van der Waals surface area contributed by atoms with Gasteiger partial charge in [0.15, 0.2) is 0 Å². The normalized spacial score (nSPS) is 16.9. The molecule has 1 fully saturated rings. The summed E-state index contributed by atoms with van der Waals surface area (Å²) in [6, 6.07) is 1.73. The number of nitrogens with zero attached hydrogens (tertiary/aromatic N) is 3. The van der Waals surface area contributed by atoms with Gasteiger partial charge >= 0.3 is 0 Å². The first-order valence-electron chi connectivity index (χ1n) is 5.94. The van der Waals surface area contributed by atoms with Gasteiger partial charge in [-0.05, 0) is 28.5 Å². The zero-order chi connectivity index (χ0) is 13.1. The van der Waals surface area contributed by atoms with Crippen LogP contribution in [0.15, 0.2) is 16.7 Å². The lowest BCUT2D eigenvalue weighted by Gasteiger charge is -2.34. The van der Waals surface area contributed by atoms with E-state index in [2.05, 4.69) is 32.7 Å². The summed E-state index contributed by atoms with van der Waals surface area (Å²) >= 11 is 9.29. The fourth-order valence-corrected chi connectivity index (χ4v) is 2.53. The molecule has 0 aromatic carbocycles. The van der Waals surface area contributed by atoms with Crippen LogP contribution in [0.4, 0.5) is 0 Å². The second-order valence-corrected chi connectivity index (χ2v) is 5.49. The number of aromatic nitrogens is 1. The molecule has 1 aliphatic rings. The van der Waals surface area contributed by atoms with Crippen LogP contribution in [-0.2, 0) is 0 Å². The molecule has 1 amide bonds. The summed E-state index contributed by atoms with van der Waals surface area (Å²) < 4.78 is 0.766. The van der Waals surface area contributed by atoms with Crippen LogP contribution < -0.4 is 0 Å². The minimum Gasteiger partial charge on any atom is -0.336 e. The molecule has 2 rings (SSSR count). The molecule has 1 aromatic heterocycles. The van der Waals surface area contributed by atoms with E-state index in [-0.39, 0.29) is 11.1 Å². The average Bonchev–Trinajstić information content (AvgIpc) is 2.41. The van der Waals surface area contributed by atoms with Crippen molar-refractivity contribution in [1.29, 1.82) is 0 Å². The Kier molecular flexibility index (Phi) is 4.59. The number of hydrogen-bond acceptors (Lipinski definition) is 3. The predicted molar refractivity (Wildman–Crippen MR) is 75.0 cm³/mol. The first-order chi connectivity index (χ1) is 8.61. The van der Waals surface area contributed by atoms with Crippen molar-refractivity contribution in [3.05, 3.63) is 27.5 Å². The Labute approximate surface area is 120 Å². The van der Waals surface area contributed by atoms with Crippen LogP contribution in [0, 0.1) is 0 Å². The number of carbonyl (C=O) groups excluding carboxylic acids is 1. The molecular weight excluding hydrogens is 318 g/mol. The molecule has 1 aromatic rings. The highest BCUT2D eigenvalue weighted by Crippen LogP contribution is 2.20. The van der Waals surface area contributed by atoms with Crippen LogP contribution >= 0.6 is 27.5 Å². The van der Waals surface area contributed by atoms with Crippen molar-refractivity contribution in [3.63, 3.8) is 0 Å². The molecule has 1 saturated heterocycles. The predicted octanol–water partition coefficient (Wildman–Crippen LogP) is 2.28. The molecule has 2 heterocycles. The van der Waals surface area contributed by atoms with Gasteiger partial charge in [-0.1, -0.05) is 18.5 Å². The highest BCUT2D eigenvalue weighted by molar-refractivity contribution is 9.10. The van der Waals surface area contributed by atoms with E-state index in [9.17, 15) is 4.79 Å². The maximum absolute atomic E-state index is 12.3. The fraction of sp³-hybridized carbons (Fsp3) is 0.500. The van der Waals surface area contributed by atoms with Crippen molar-refractivity contribution in [2.24, 2.45) is 0 Å².